The van der Waals surface area contributed by atoms with Crippen LogP contribution in [0.3, 0.4) is 0 Å². The average Bonchev–Trinajstić information content (AvgIpc) is 3.24. The molecule has 0 bridgehead atoms. The van der Waals surface area contributed by atoms with Crippen LogP contribution in [-0.4, -0.2) is 52.7 Å². The van der Waals surface area contributed by atoms with E-state index in [1.807, 2.05) is 12.1 Å². The zero-order chi connectivity index (χ0) is 19.3. The van der Waals surface area contributed by atoms with Crippen LogP contribution >= 0.6 is 0 Å². The lowest BCUT2D eigenvalue weighted by molar-refractivity contribution is 0.0923. The lowest BCUT2D eigenvalue weighted by Crippen LogP contribution is -2.47. The summed E-state index contributed by atoms with van der Waals surface area (Å²) in [6.45, 7) is 9.56. The Morgan fingerprint density at radius 2 is 1.64 bits per heavy atom. The molecule has 146 valence electrons. The second kappa shape index (κ2) is 8.67. The highest BCUT2D eigenvalue weighted by Gasteiger charge is 2.25. The van der Waals surface area contributed by atoms with Crippen molar-refractivity contribution in [3.05, 3.63) is 71.6 Å². The third kappa shape index (κ3) is 4.49. The molecule has 1 aliphatic heterocycles. The van der Waals surface area contributed by atoms with Gasteiger partial charge in [0.15, 0.2) is 0 Å². The minimum Gasteiger partial charge on any atom is -0.419 e. The third-order valence-electron chi connectivity index (χ3n) is 5.61. The molecule has 0 amide bonds. The number of benzene rings is 2. The molecule has 1 unspecified atom stereocenters. The van der Waals surface area contributed by atoms with Crippen LogP contribution in [0, 0.1) is 6.92 Å². The average molecular weight is 377 g/mol. The summed E-state index contributed by atoms with van der Waals surface area (Å²) >= 11 is 0. The number of hydrogen-bond donors (Lipinski definition) is 0. The van der Waals surface area contributed by atoms with Crippen LogP contribution in [0.2, 0.25) is 0 Å². The normalized spacial score (nSPS) is 16.9. The van der Waals surface area contributed by atoms with Crippen molar-refractivity contribution in [1.82, 2.24) is 20.0 Å². The molecule has 0 N–H and O–H groups in total. The summed E-state index contributed by atoms with van der Waals surface area (Å²) in [5, 5.41) is 8.57. The van der Waals surface area contributed by atoms with E-state index in [1.165, 1.54) is 11.1 Å². The molecule has 1 aromatic heterocycles. The first-order valence-corrected chi connectivity index (χ1v) is 10.1. The van der Waals surface area contributed by atoms with Gasteiger partial charge in [0.25, 0.3) is 0 Å². The maximum atomic E-state index is 5.98. The van der Waals surface area contributed by atoms with E-state index in [0.717, 1.165) is 44.7 Å². The maximum absolute atomic E-state index is 5.98. The topological polar surface area (TPSA) is 45.4 Å². The van der Waals surface area contributed by atoms with E-state index in [0.29, 0.717) is 11.8 Å². The second-order valence-electron chi connectivity index (χ2n) is 7.60. The number of aromatic nitrogens is 2. The SMILES string of the molecule is Cc1ccc(-c2nnc(C(C)N3CCN(CCc4ccccc4)CC3)o2)cc1. The molecule has 2 heterocycles. The van der Waals surface area contributed by atoms with E-state index >= 15 is 0 Å². The fourth-order valence-corrected chi connectivity index (χ4v) is 3.68. The van der Waals surface area contributed by atoms with E-state index in [1.54, 1.807) is 0 Å². The molecule has 0 radical (unpaired) electrons. The molecule has 3 aromatic rings. The van der Waals surface area contributed by atoms with Crippen molar-refractivity contribution in [3.8, 4) is 11.5 Å². The highest BCUT2D eigenvalue weighted by molar-refractivity contribution is 5.52. The monoisotopic (exact) mass is 376 g/mol. The Morgan fingerprint density at radius 1 is 0.929 bits per heavy atom. The Bertz CT molecular complexity index is 867. The summed E-state index contributed by atoms with van der Waals surface area (Å²) < 4.78 is 5.98. The molecule has 0 saturated carbocycles. The Kier molecular flexibility index (Phi) is 5.84. The Balaban J connectivity index is 1.30. The molecule has 2 aromatic carbocycles. The molecule has 1 saturated heterocycles. The summed E-state index contributed by atoms with van der Waals surface area (Å²) in [4.78, 5) is 4.98. The van der Waals surface area contributed by atoms with E-state index < -0.39 is 0 Å². The highest BCUT2D eigenvalue weighted by Crippen LogP contribution is 2.25. The summed E-state index contributed by atoms with van der Waals surface area (Å²) in [6.07, 6.45) is 1.11. The largest absolute Gasteiger partial charge is 0.419 e. The zero-order valence-electron chi connectivity index (χ0n) is 16.7. The van der Waals surface area contributed by atoms with Gasteiger partial charge < -0.3 is 9.32 Å². The fourth-order valence-electron chi connectivity index (χ4n) is 3.68. The van der Waals surface area contributed by atoms with E-state index in [4.69, 9.17) is 4.42 Å². The van der Waals surface area contributed by atoms with Crippen molar-refractivity contribution in [2.45, 2.75) is 26.3 Å². The predicted octanol–water partition coefficient (Wildman–Crippen LogP) is 3.97. The molecule has 0 aliphatic carbocycles. The van der Waals surface area contributed by atoms with Gasteiger partial charge in [0.05, 0.1) is 6.04 Å². The van der Waals surface area contributed by atoms with Gasteiger partial charge in [-0.15, -0.1) is 10.2 Å². The first kappa shape index (κ1) is 18.8. The number of rotatable bonds is 6. The maximum Gasteiger partial charge on any atom is 0.247 e. The molecular weight excluding hydrogens is 348 g/mol. The van der Waals surface area contributed by atoms with Crippen molar-refractivity contribution >= 4 is 0 Å². The third-order valence-corrected chi connectivity index (χ3v) is 5.61. The number of nitrogens with zero attached hydrogens (tertiary/aromatic N) is 4. The van der Waals surface area contributed by atoms with Gasteiger partial charge >= 0.3 is 0 Å². The lowest BCUT2D eigenvalue weighted by atomic mass is 10.1. The van der Waals surface area contributed by atoms with Crippen LogP contribution in [0.5, 0.6) is 0 Å². The quantitative estimate of drug-likeness (QED) is 0.651. The number of piperazine rings is 1. The van der Waals surface area contributed by atoms with Gasteiger partial charge in [-0.2, -0.15) is 0 Å². The molecule has 0 spiro atoms. The van der Waals surface area contributed by atoms with Gasteiger partial charge in [0.1, 0.15) is 0 Å². The molecule has 1 aliphatic rings. The van der Waals surface area contributed by atoms with Crippen molar-refractivity contribution in [1.29, 1.82) is 0 Å². The van der Waals surface area contributed by atoms with Crippen molar-refractivity contribution in [2.75, 3.05) is 32.7 Å². The van der Waals surface area contributed by atoms with Crippen LogP contribution < -0.4 is 0 Å². The van der Waals surface area contributed by atoms with Gasteiger partial charge in [-0.05, 0) is 38.0 Å². The minimum atomic E-state index is 0.142. The second-order valence-corrected chi connectivity index (χ2v) is 7.60. The van der Waals surface area contributed by atoms with Crippen LogP contribution in [0.4, 0.5) is 0 Å². The molecule has 5 heteroatoms. The van der Waals surface area contributed by atoms with Gasteiger partial charge in [-0.1, -0.05) is 48.0 Å². The van der Waals surface area contributed by atoms with Crippen molar-refractivity contribution in [2.24, 2.45) is 0 Å². The van der Waals surface area contributed by atoms with E-state index in [2.05, 4.69) is 76.3 Å². The molecule has 1 atom stereocenters. The first-order valence-electron chi connectivity index (χ1n) is 10.1. The number of aryl methyl sites for hydroxylation is 1. The van der Waals surface area contributed by atoms with Gasteiger partial charge in [0, 0.05) is 38.3 Å². The summed E-state index contributed by atoms with van der Waals surface area (Å²) in [5.41, 5.74) is 3.61. The smallest absolute Gasteiger partial charge is 0.247 e. The summed E-state index contributed by atoms with van der Waals surface area (Å²) in [5.74, 6) is 1.30. The Morgan fingerprint density at radius 3 is 2.36 bits per heavy atom. The summed E-state index contributed by atoms with van der Waals surface area (Å²) in [6, 6.07) is 19.1. The van der Waals surface area contributed by atoms with Gasteiger partial charge in [-0.25, -0.2) is 0 Å². The first-order chi connectivity index (χ1) is 13.7. The molecule has 28 heavy (non-hydrogen) atoms. The molecular formula is C23H28N4O. The van der Waals surface area contributed by atoms with Crippen LogP contribution in [0.1, 0.15) is 30.0 Å². The predicted molar refractivity (Wildman–Crippen MR) is 111 cm³/mol. The zero-order valence-corrected chi connectivity index (χ0v) is 16.7. The fraction of sp³-hybridized carbons (Fsp3) is 0.391. The lowest BCUT2D eigenvalue weighted by Gasteiger charge is -2.36. The minimum absolute atomic E-state index is 0.142. The van der Waals surface area contributed by atoms with Gasteiger partial charge in [-0.3, -0.25) is 4.90 Å². The van der Waals surface area contributed by atoms with Crippen molar-refractivity contribution < 1.29 is 4.42 Å². The van der Waals surface area contributed by atoms with Crippen molar-refractivity contribution in [3.63, 3.8) is 0 Å². The van der Waals surface area contributed by atoms with Crippen LogP contribution in [0.15, 0.2) is 59.0 Å². The van der Waals surface area contributed by atoms with Crippen LogP contribution in [0.25, 0.3) is 11.5 Å². The Hall–Kier alpha value is -2.50. The Labute approximate surface area is 167 Å². The standard InChI is InChI=1S/C23H28N4O/c1-18-8-10-21(11-9-18)23-25-24-22(28-23)19(2)27-16-14-26(15-17-27)13-12-20-6-4-3-5-7-20/h3-11,19H,12-17H2,1-2H3. The molecule has 1 fully saturated rings. The van der Waals surface area contributed by atoms with Gasteiger partial charge in [0.2, 0.25) is 11.8 Å². The summed E-state index contributed by atoms with van der Waals surface area (Å²) in [7, 11) is 0. The number of hydrogen-bond acceptors (Lipinski definition) is 5. The highest BCUT2D eigenvalue weighted by atomic mass is 16.4. The van der Waals surface area contributed by atoms with E-state index in [9.17, 15) is 0 Å². The molecule has 5 nitrogen and oxygen atoms in total. The van der Waals surface area contributed by atoms with E-state index in [-0.39, 0.29) is 6.04 Å². The van der Waals surface area contributed by atoms with Crippen LogP contribution in [-0.2, 0) is 6.42 Å². The molecule has 4 rings (SSSR count).